The quantitative estimate of drug-likeness (QED) is 0.737. The molecule has 3 N–H and O–H groups in total. The van der Waals surface area contributed by atoms with E-state index in [2.05, 4.69) is 15.0 Å². The first kappa shape index (κ1) is 11.6. The number of hydrogen-bond acceptors (Lipinski definition) is 3. The predicted molar refractivity (Wildman–Crippen MR) is 50.6 cm³/mol. The SMILES string of the molecule is Cl.Nc1ccc2[nH]c(C(F)(F)F)nc2n1. The summed E-state index contributed by atoms with van der Waals surface area (Å²) < 4.78 is 36.5. The molecule has 0 saturated carbocycles. The maximum atomic E-state index is 12.2. The summed E-state index contributed by atoms with van der Waals surface area (Å²) in [7, 11) is 0. The summed E-state index contributed by atoms with van der Waals surface area (Å²) in [6.45, 7) is 0. The molecule has 0 aliphatic rings. The van der Waals surface area contributed by atoms with Crippen LogP contribution in [0.25, 0.3) is 11.2 Å². The monoisotopic (exact) mass is 238 g/mol. The molecule has 0 radical (unpaired) electrons. The van der Waals surface area contributed by atoms with Gasteiger partial charge in [-0.25, -0.2) is 9.97 Å². The first-order valence-corrected chi connectivity index (χ1v) is 3.66. The van der Waals surface area contributed by atoms with Crippen LogP contribution in [-0.2, 0) is 6.18 Å². The molecule has 2 aromatic rings. The number of halogens is 4. The van der Waals surface area contributed by atoms with Crippen LogP contribution in [0.4, 0.5) is 19.0 Å². The largest absolute Gasteiger partial charge is 0.449 e. The Morgan fingerprint density at radius 2 is 1.87 bits per heavy atom. The van der Waals surface area contributed by atoms with Crippen LogP contribution in [0.2, 0.25) is 0 Å². The van der Waals surface area contributed by atoms with E-state index in [-0.39, 0.29) is 29.4 Å². The summed E-state index contributed by atoms with van der Waals surface area (Å²) in [6.07, 6.45) is -4.49. The second-order valence-corrected chi connectivity index (χ2v) is 2.69. The van der Waals surface area contributed by atoms with E-state index in [1.807, 2.05) is 0 Å². The Labute approximate surface area is 88.1 Å². The van der Waals surface area contributed by atoms with Gasteiger partial charge in [-0.1, -0.05) is 0 Å². The first-order chi connectivity index (χ1) is 6.47. The van der Waals surface area contributed by atoms with Gasteiger partial charge < -0.3 is 10.7 Å². The average molecular weight is 239 g/mol. The second-order valence-electron chi connectivity index (χ2n) is 2.69. The molecule has 4 nitrogen and oxygen atoms in total. The summed E-state index contributed by atoms with van der Waals surface area (Å²) in [5.74, 6) is -0.927. The number of imidazole rings is 1. The Balaban J connectivity index is 0.00000112. The Kier molecular flexibility index (Phi) is 2.76. The smallest absolute Gasteiger partial charge is 0.384 e. The first-order valence-electron chi connectivity index (χ1n) is 3.66. The van der Waals surface area contributed by atoms with Gasteiger partial charge in [0.15, 0.2) is 5.65 Å². The van der Waals surface area contributed by atoms with Crippen molar-refractivity contribution < 1.29 is 13.2 Å². The summed E-state index contributed by atoms with van der Waals surface area (Å²) in [6, 6.07) is 2.81. The van der Waals surface area contributed by atoms with Gasteiger partial charge in [0, 0.05) is 0 Å². The summed E-state index contributed by atoms with van der Waals surface area (Å²) in [5, 5.41) is 0. The molecule has 2 aromatic heterocycles. The Morgan fingerprint density at radius 1 is 1.20 bits per heavy atom. The van der Waals surface area contributed by atoms with Gasteiger partial charge in [0.1, 0.15) is 5.82 Å². The van der Waals surface area contributed by atoms with Crippen molar-refractivity contribution in [3.05, 3.63) is 18.0 Å². The number of rotatable bonds is 0. The summed E-state index contributed by atoms with van der Waals surface area (Å²) in [5.41, 5.74) is 5.48. The van der Waals surface area contributed by atoms with Crippen molar-refractivity contribution in [2.45, 2.75) is 6.18 Å². The lowest BCUT2D eigenvalue weighted by Gasteiger charge is -1.98. The highest BCUT2D eigenvalue weighted by Gasteiger charge is 2.34. The highest BCUT2D eigenvalue weighted by molar-refractivity contribution is 5.85. The van der Waals surface area contributed by atoms with Crippen LogP contribution in [0.3, 0.4) is 0 Å². The fraction of sp³-hybridized carbons (Fsp3) is 0.143. The van der Waals surface area contributed by atoms with Crippen LogP contribution in [0.5, 0.6) is 0 Å². The van der Waals surface area contributed by atoms with Gasteiger partial charge in [-0.15, -0.1) is 12.4 Å². The average Bonchev–Trinajstić information content (AvgIpc) is 2.45. The number of nitrogens with zero attached hydrogens (tertiary/aromatic N) is 2. The summed E-state index contributed by atoms with van der Waals surface area (Å²) >= 11 is 0. The van der Waals surface area contributed by atoms with E-state index in [1.165, 1.54) is 12.1 Å². The molecule has 0 aliphatic heterocycles. The van der Waals surface area contributed by atoms with Crippen LogP contribution in [0.1, 0.15) is 5.82 Å². The highest BCUT2D eigenvalue weighted by atomic mass is 35.5. The third-order valence-corrected chi connectivity index (χ3v) is 1.64. The molecule has 8 heteroatoms. The molecule has 2 rings (SSSR count). The molecular weight excluding hydrogens is 233 g/mol. The number of aromatic amines is 1. The summed E-state index contributed by atoms with van der Waals surface area (Å²) in [4.78, 5) is 9.03. The minimum absolute atomic E-state index is 0. The molecule has 0 saturated heterocycles. The van der Waals surface area contributed by atoms with Gasteiger partial charge in [-0.3, -0.25) is 0 Å². The third-order valence-electron chi connectivity index (χ3n) is 1.64. The maximum Gasteiger partial charge on any atom is 0.449 e. The van der Waals surface area contributed by atoms with E-state index >= 15 is 0 Å². The molecule has 0 aromatic carbocycles. The van der Waals surface area contributed by atoms with Crippen LogP contribution in [0, 0.1) is 0 Å². The van der Waals surface area contributed by atoms with E-state index in [9.17, 15) is 13.2 Å². The van der Waals surface area contributed by atoms with Crippen molar-refractivity contribution in [1.82, 2.24) is 15.0 Å². The minimum Gasteiger partial charge on any atom is -0.384 e. The number of nitrogens with one attached hydrogen (secondary N) is 1. The molecule has 82 valence electrons. The van der Waals surface area contributed by atoms with Crippen molar-refractivity contribution in [2.24, 2.45) is 0 Å². The van der Waals surface area contributed by atoms with Crippen LogP contribution >= 0.6 is 12.4 Å². The molecule has 0 atom stereocenters. The predicted octanol–water partition coefficient (Wildman–Crippen LogP) is 1.98. The number of alkyl halides is 3. The second kappa shape index (κ2) is 3.58. The van der Waals surface area contributed by atoms with Crippen molar-refractivity contribution in [2.75, 3.05) is 5.73 Å². The van der Waals surface area contributed by atoms with Gasteiger partial charge in [0.05, 0.1) is 5.52 Å². The van der Waals surface area contributed by atoms with Gasteiger partial charge >= 0.3 is 6.18 Å². The van der Waals surface area contributed by atoms with E-state index in [4.69, 9.17) is 5.73 Å². The highest BCUT2D eigenvalue weighted by Crippen LogP contribution is 2.28. The number of hydrogen-bond donors (Lipinski definition) is 2. The maximum absolute atomic E-state index is 12.2. The Bertz CT molecular complexity index is 479. The lowest BCUT2D eigenvalue weighted by molar-refractivity contribution is -0.144. The van der Waals surface area contributed by atoms with Crippen molar-refractivity contribution >= 4 is 29.4 Å². The van der Waals surface area contributed by atoms with Gasteiger partial charge in [0.25, 0.3) is 0 Å². The molecular formula is C7H6ClF3N4. The molecule has 0 aliphatic carbocycles. The van der Waals surface area contributed by atoms with E-state index < -0.39 is 12.0 Å². The van der Waals surface area contributed by atoms with E-state index in [0.29, 0.717) is 0 Å². The standard InChI is InChI=1S/C7H5F3N4.ClH/c8-7(9,10)6-12-3-1-2-4(11)13-5(3)14-6;/h1-2H,(H3,11,12,13,14);1H. The number of aromatic nitrogens is 3. The van der Waals surface area contributed by atoms with Crippen LogP contribution in [0.15, 0.2) is 12.1 Å². The van der Waals surface area contributed by atoms with Gasteiger partial charge in [0.2, 0.25) is 5.82 Å². The number of nitrogen functional groups attached to an aromatic ring is 1. The van der Waals surface area contributed by atoms with Crippen LogP contribution < -0.4 is 5.73 Å². The number of pyridine rings is 1. The number of H-pyrrole nitrogens is 1. The van der Waals surface area contributed by atoms with Gasteiger partial charge in [-0.05, 0) is 12.1 Å². The van der Waals surface area contributed by atoms with Crippen molar-refractivity contribution in [1.29, 1.82) is 0 Å². The zero-order valence-corrected chi connectivity index (χ0v) is 7.99. The zero-order valence-electron chi connectivity index (χ0n) is 7.17. The van der Waals surface area contributed by atoms with E-state index in [0.717, 1.165) is 0 Å². The molecule has 0 fully saturated rings. The Hall–Kier alpha value is -1.50. The number of fused-ring (bicyclic) bond motifs is 1. The molecule has 15 heavy (non-hydrogen) atoms. The molecule has 0 amide bonds. The normalized spacial score (nSPS) is 11.4. The zero-order chi connectivity index (χ0) is 10.3. The van der Waals surface area contributed by atoms with Crippen molar-refractivity contribution in [3.8, 4) is 0 Å². The van der Waals surface area contributed by atoms with Gasteiger partial charge in [-0.2, -0.15) is 13.2 Å². The molecule has 0 spiro atoms. The fourth-order valence-corrected chi connectivity index (χ4v) is 1.04. The van der Waals surface area contributed by atoms with E-state index in [1.54, 1.807) is 0 Å². The minimum atomic E-state index is -4.49. The fourth-order valence-electron chi connectivity index (χ4n) is 1.04. The number of nitrogens with two attached hydrogens (primary N) is 1. The lowest BCUT2D eigenvalue weighted by Crippen LogP contribution is -2.06. The molecule has 0 bridgehead atoms. The topological polar surface area (TPSA) is 67.6 Å². The van der Waals surface area contributed by atoms with Crippen LogP contribution in [-0.4, -0.2) is 15.0 Å². The molecule has 0 unspecified atom stereocenters. The molecule has 2 heterocycles. The Morgan fingerprint density at radius 3 is 2.47 bits per heavy atom. The lowest BCUT2D eigenvalue weighted by atomic mass is 10.4. The van der Waals surface area contributed by atoms with Crippen molar-refractivity contribution in [3.63, 3.8) is 0 Å². The number of anilines is 1. The third kappa shape index (κ3) is 2.12.